The molecule has 21 heavy (non-hydrogen) atoms. The number of nitrogens with zero attached hydrogens (tertiary/aromatic N) is 1. The Morgan fingerprint density at radius 2 is 1.90 bits per heavy atom. The highest BCUT2D eigenvalue weighted by Crippen LogP contribution is 2.24. The summed E-state index contributed by atoms with van der Waals surface area (Å²) in [6.45, 7) is 3.99. The van der Waals surface area contributed by atoms with Crippen LogP contribution in [-0.2, 0) is 16.1 Å². The Bertz CT molecular complexity index is 520. The summed E-state index contributed by atoms with van der Waals surface area (Å²) in [7, 11) is 1.57. The fraction of sp³-hybridized carbons (Fsp3) is 0.467. The molecule has 0 saturated heterocycles. The zero-order valence-corrected chi connectivity index (χ0v) is 14.0. The number of nitrogens with one attached hydrogen (secondary N) is 1. The number of hydrogen-bond acceptors (Lipinski definition) is 2. The maximum Gasteiger partial charge on any atom is 0.242 e. The van der Waals surface area contributed by atoms with E-state index in [-0.39, 0.29) is 11.8 Å². The molecule has 1 aromatic rings. The third-order valence-electron chi connectivity index (χ3n) is 3.27. The molecule has 1 N–H and O–H groups in total. The van der Waals surface area contributed by atoms with E-state index in [4.69, 9.17) is 23.2 Å². The molecule has 0 fully saturated rings. The highest BCUT2D eigenvalue weighted by Gasteiger charge is 2.26. The molecule has 1 unspecified atom stereocenters. The summed E-state index contributed by atoms with van der Waals surface area (Å²) in [4.78, 5) is 25.7. The maximum absolute atomic E-state index is 12.2. The largest absolute Gasteiger partial charge is 0.357 e. The molecule has 1 rings (SSSR count). The number of benzene rings is 1. The molecule has 116 valence electrons. The van der Waals surface area contributed by atoms with Crippen LogP contribution in [0.25, 0.3) is 0 Å². The predicted molar refractivity (Wildman–Crippen MR) is 85.4 cm³/mol. The molecule has 2 amide bonds. The SMILES string of the molecule is CCC(=O)N(Cc1ccc(Cl)c(Cl)c1)C(CC)C(=O)NC. The van der Waals surface area contributed by atoms with Crippen molar-refractivity contribution in [1.29, 1.82) is 0 Å². The van der Waals surface area contributed by atoms with Crippen LogP contribution in [-0.4, -0.2) is 29.8 Å². The molecule has 1 aromatic carbocycles. The molecule has 1 atom stereocenters. The van der Waals surface area contributed by atoms with Gasteiger partial charge in [0.2, 0.25) is 11.8 Å². The number of likely N-dealkylation sites (N-methyl/N-ethyl adjacent to an activating group) is 1. The summed E-state index contributed by atoms with van der Waals surface area (Å²) in [6.07, 6.45) is 0.890. The van der Waals surface area contributed by atoms with Crippen molar-refractivity contribution >= 4 is 35.0 Å². The molecule has 0 bridgehead atoms. The molecule has 0 heterocycles. The molecule has 0 spiro atoms. The normalized spacial score (nSPS) is 11.9. The van der Waals surface area contributed by atoms with Gasteiger partial charge in [0.1, 0.15) is 6.04 Å². The smallest absolute Gasteiger partial charge is 0.242 e. The summed E-state index contributed by atoms with van der Waals surface area (Å²) >= 11 is 11.9. The molecular weight excluding hydrogens is 311 g/mol. The van der Waals surface area contributed by atoms with Gasteiger partial charge in [0.25, 0.3) is 0 Å². The van der Waals surface area contributed by atoms with E-state index >= 15 is 0 Å². The Morgan fingerprint density at radius 3 is 2.38 bits per heavy atom. The Morgan fingerprint density at radius 1 is 1.24 bits per heavy atom. The lowest BCUT2D eigenvalue weighted by Crippen LogP contribution is -2.48. The summed E-state index contributed by atoms with van der Waals surface area (Å²) in [6, 6.07) is 4.73. The highest BCUT2D eigenvalue weighted by molar-refractivity contribution is 6.42. The Kier molecular flexibility index (Phi) is 6.99. The van der Waals surface area contributed by atoms with E-state index in [2.05, 4.69) is 5.32 Å². The topological polar surface area (TPSA) is 49.4 Å². The zero-order chi connectivity index (χ0) is 16.0. The number of amides is 2. The van der Waals surface area contributed by atoms with Crippen molar-refractivity contribution in [3.8, 4) is 0 Å². The minimum Gasteiger partial charge on any atom is -0.357 e. The van der Waals surface area contributed by atoms with Crippen molar-refractivity contribution in [3.05, 3.63) is 33.8 Å². The molecule has 0 aliphatic heterocycles. The van der Waals surface area contributed by atoms with Gasteiger partial charge < -0.3 is 10.2 Å². The van der Waals surface area contributed by atoms with Crippen molar-refractivity contribution in [2.24, 2.45) is 0 Å². The number of hydrogen-bond donors (Lipinski definition) is 1. The third-order valence-corrected chi connectivity index (χ3v) is 4.01. The lowest BCUT2D eigenvalue weighted by molar-refractivity contribution is -0.141. The average Bonchev–Trinajstić information content (AvgIpc) is 2.49. The van der Waals surface area contributed by atoms with E-state index in [1.807, 2.05) is 6.92 Å². The van der Waals surface area contributed by atoms with E-state index in [0.29, 0.717) is 29.4 Å². The van der Waals surface area contributed by atoms with E-state index in [9.17, 15) is 9.59 Å². The fourth-order valence-electron chi connectivity index (χ4n) is 2.12. The van der Waals surface area contributed by atoms with E-state index in [1.165, 1.54) is 0 Å². The predicted octanol–water partition coefficient (Wildman–Crippen LogP) is 3.26. The van der Waals surface area contributed by atoms with Crippen molar-refractivity contribution in [3.63, 3.8) is 0 Å². The van der Waals surface area contributed by atoms with Gasteiger partial charge >= 0.3 is 0 Å². The summed E-state index contributed by atoms with van der Waals surface area (Å²) in [5, 5.41) is 3.50. The van der Waals surface area contributed by atoms with Crippen LogP contribution >= 0.6 is 23.2 Å². The third kappa shape index (κ3) is 4.61. The Labute approximate surface area is 135 Å². The van der Waals surface area contributed by atoms with Gasteiger partial charge in [-0.05, 0) is 24.1 Å². The number of carbonyl (C=O) groups excluding carboxylic acids is 2. The van der Waals surface area contributed by atoms with E-state index in [1.54, 1.807) is 37.1 Å². The van der Waals surface area contributed by atoms with Gasteiger partial charge in [-0.15, -0.1) is 0 Å². The maximum atomic E-state index is 12.2. The second-order valence-electron chi connectivity index (χ2n) is 4.66. The van der Waals surface area contributed by atoms with Crippen LogP contribution in [0.3, 0.4) is 0 Å². The van der Waals surface area contributed by atoms with Gasteiger partial charge in [0, 0.05) is 20.0 Å². The van der Waals surface area contributed by atoms with Crippen molar-refractivity contribution in [2.45, 2.75) is 39.3 Å². The first-order valence-corrected chi connectivity index (χ1v) is 7.65. The lowest BCUT2D eigenvalue weighted by Gasteiger charge is -2.30. The monoisotopic (exact) mass is 330 g/mol. The highest BCUT2D eigenvalue weighted by atomic mass is 35.5. The van der Waals surface area contributed by atoms with Crippen LogP contribution in [0.2, 0.25) is 10.0 Å². The van der Waals surface area contributed by atoms with Crippen molar-refractivity contribution in [1.82, 2.24) is 10.2 Å². The lowest BCUT2D eigenvalue weighted by atomic mass is 10.1. The Hall–Kier alpha value is -1.26. The summed E-state index contributed by atoms with van der Waals surface area (Å²) < 4.78 is 0. The van der Waals surface area contributed by atoms with Crippen LogP contribution in [0.1, 0.15) is 32.3 Å². The summed E-state index contributed by atoms with van der Waals surface area (Å²) in [5.74, 6) is -0.240. The van der Waals surface area contributed by atoms with Crippen LogP contribution in [0.15, 0.2) is 18.2 Å². The van der Waals surface area contributed by atoms with E-state index < -0.39 is 6.04 Å². The minimum absolute atomic E-state index is 0.0727. The van der Waals surface area contributed by atoms with Gasteiger partial charge in [0.05, 0.1) is 10.0 Å². The van der Waals surface area contributed by atoms with Gasteiger partial charge in [-0.25, -0.2) is 0 Å². The summed E-state index contributed by atoms with van der Waals surface area (Å²) in [5.41, 5.74) is 0.841. The van der Waals surface area contributed by atoms with Crippen LogP contribution in [0.5, 0.6) is 0 Å². The number of rotatable bonds is 6. The molecule has 0 aliphatic rings. The van der Waals surface area contributed by atoms with Gasteiger partial charge in [-0.2, -0.15) is 0 Å². The van der Waals surface area contributed by atoms with Crippen molar-refractivity contribution in [2.75, 3.05) is 7.05 Å². The van der Waals surface area contributed by atoms with Crippen LogP contribution in [0, 0.1) is 0 Å². The first-order chi connectivity index (χ1) is 9.94. The second kappa shape index (κ2) is 8.25. The molecule has 0 radical (unpaired) electrons. The first kappa shape index (κ1) is 17.8. The molecule has 0 aromatic heterocycles. The molecule has 4 nitrogen and oxygen atoms in total. The molecule has 6 heteroatoms. The van der Waals surface area contributed by atoms with Crippen molar-refractivity contribution < 1.29 is 9.59 Å². The standard InChI is InChI=1S/C15H20Cl2N2O2/c1-4-13(15(21)18-3)19(14(20)5-2)9-10-6-7-11(16)12(17)8-10/h6-8,13H,4-5,9H2,1-3H3,(H,18,21). The van der Waals surface area contributed by atoms with E-state index in [0.717, 1.165) is 5.56 Å². The van der Waals surface area contributed by atoms with Gasteiger partial charge in [0.15, 0.2) is 0 Å². The minimum atomic E-state index is -0.489. The zero-order valence-electron chi connectivity index (χ0n) is 12.5. The average molecular weight is 331 g/mol. The first-order valence-electron chi connectivity index (χ1n) is 6.89. The van der Waals surface area contributed by atoms with Gasteiger partial charge in [-0.1, -0.05) is 43.1 Å². The van der Waals surface area contributed by atoms with Crippen LogP contribution in [0.4, 0.5) is 0 Å². The quantitative estimate of drug-likeness (QED) is 0.870. The van der Waals surface area contributed by atoms with Gasteiger partial charge in [-0.3, -0.25) is 9.59 Å². The Balaban J connectivity index is 3.04. The second-order valence-corrected chi connectivity index (χ2v) is 5.48. The number of carbonyl (C=O) groups is 2. The van der Waals surface area contributed by atoms with Crippen LogP contribution < -0.4 is 5.32 Å². The fourth-order valence-corrected chi connectivity index (χ4v) is 2.44. The molecule has 0 saturated carbocycles. The molecular formula is C15H20Cl2N2O2. The number of halogens is 2. The molecule has 0 aliphatic carbocycles.